The zero-order valence-electron chi connectivity index (χ0n) is 18.3. The molecule has 1 unspecified atom stereocenters. The van der Waals surface area contributed by atoms with Gasteiger partial charge in [-0.25, -0.2) is 0 Å². The normalized spacial score (nSPS) is 17.3. The van der Waals surface area contributed by atoms with Crippen LogP contribution < -0.4 is 14.4 Å². The number of halogens is 1. The van der Waals surface area contributed by atoms with Gasteiger partial charge in [-0.3, -0.25) is 14.5 Å². The number of aliphatic hydroxyl groups excluding tert-OH is 1. The number of methoxy groups -OCH3 is 2. The molecule has 6 nitrogen and oxygen atoms in total. The highest BCUT2D eigenvalue weighted by atomic mass is 35.5. The summed E-state index contributed by atoms with van der Waals surface area (Å²) in [6.07, 6.45) is 0. The smallest absolute Gasteiger partial charge is 0.300 e. The van der Waals surface area contributed by atoms with Crippen LogP contribution in [0.25, 0.3) is 5.76 Å². The van der Waals surface area contributed by atoms with Crippen LogP contribution in [0.5, 0.6) is 11.5 Å². The van der Waals surface area contributed by atoms with Crippen LogP contribution in [0.15, 0.2) is 72.3 Å². The lowest BCUT2D eigenvalue weighted by Gasteiger charge is -2.27. The average molecular weight is 464 g/mol. The minimum atomic E-state index is -0.901. The quantitative estimate of drug-likeness (QED) is 0.316. The first-order chi connectivity index (χ1) is 15.9. The second kappa shape index (κ2) is 9.00. The van der Waals surface area contributed by atoms with Crippen LogP contribution in [0.1, 0.15) is 22.7 Å². The Hall–Kier alpha value is -3.77. The molecule has 0 bridgehead atoms. The maximum Gasteiger partial charge on any atom is 0.300 e. The summed E-state index contributed by atoms with van der Waals surface area (Å²) in [6, 6.07) is 18.0. The molecule has 1 N–H and O–H groups in total. The highest BCUT2D eigenvalue weighted by Gasteiger charge is 2.47. The Kier molecular flexibility index (Phi) is 6.11. The first kappa shape index (κ1) is 22.4. The number of nitrogens with zero attached hydrogens (tertiary/aromatic N) is 1. The van der Waals surface area contributed by atoms with Gasteiger partial charge in [0.25, 0.3) is 11.7 Å². The fraction of sp³-hybridized carbons (Fsp3) is 0.154. The molecule has 4 rings (SSSR count). The van der Waals surface area contributed by atoms with Crippen LogP contribution in [-0.4, -0.2) is 31.0 Å². The molecule has 0 aromatic heterocycles. The molecular weight excluding hydrogens is 442 g/mol. The highest BCUT2D eigenvalue weighted by Crippen LogP contribution is 2.45. The van der Waals surface area contributed by atoms with E-state index in [0.29, 0.717) is 38.9 Å². The summed E-state index contributed by atoms with van der Waals surface area (Å²) in [5.41, 5.74) is 2.12. The number of ether oxygens (including phenoxy) is 2. The molecule has 168 valence electrons. The molecule has 0 radical (unpaired) electrons. The van der Waals surface area contributed by atoms with E-state index < -0.39 is 17.7 Å². The number of hydrogen-bond acceptors (Lipinski definition) is 5. The number of amides is 1. The van der Waals surface area contributed by atoms with E-state index in [0.717, 1.165) is 0 Å². The first-order valence-corrected chi connectivity index (χ1v) is 10.6. The fourth-order valence-corrected chi connectivity index (χ4v) is 4.20. The predicted octanol–water partition coefficient (Wildman–Crippen LogP) is 5.29. The van der Waals surface area contributed by atoms with Crippen molar-refractivity contribution in [1.29, 1.82) is 0 Å². The van der Waals surface area contributed by atoms with Crippen molar-refractivity contribution in [3.05, 3.63) is 94.0 Å². The third kappa shape index (κ3) is 3.83. The molecule has 7 heteroatoms. The molecule has 3 aromatic rings. The lowest BCUT2D eigenvalue weighted by Crippen LogP contribution is -2.30. The zero-order valence-corrected chi connectivity index (χ0v) is 19.1. The van der Waals surface area contributed by atoms with E-state index in [1.54, 1.807) is 73.7 Å². The Morgan fingerprint density at radius 3 is 2.30 bits per heavy atom. The van der Waals surface area contributed by atoms with E-state index >= 15 is 0 Å². The van der Waals surface area contributed by atoms with Gasteiger partial charge in [-0.2, -0.15) is 0 Å². The molecule has 1 heterocycles. The molecule has 1 atom stereocenters. The van der Waals surface area contributed by atoms with Crippen molar-refractivity contribution in [2.24, 2.45) is 0 Å². The molecule has 3 aromatic carbocycles. The Labute approximate surface area is 196 Å². The van der Waals surface area contributed by atoms with E-state index in [4.69, 9.17) is 21.1 Å². The molecule has 0 saturated carbocycles. The Balaban J connectivity index is 2.00. The Morgan fingerprint density at radius 1 is 0.939 bits per heavy atom. The number of rotatable bonds is 5. The molecule has 1 fully saturated rings. The van der Waals surface area contributed by atoms with Gasteiger partial charge in [0.05, 0.1) is 25.8 Å². The van der Waals surface area contributed by atoms with Crippen molar-refractivity contribution < 1.29 is 24.2 Å². The van der Waals surface area contributed by atoms with Crippen LogP contribution >= 0.6 is 11.6 Å². The Bertz CT molecular complexity index is 1270. The first-order valence-electron chi connectivity index (χ1n) is 10.2. The van der Waals surface area contributed by atoms with Crippen LogP contribution in [0.4, 0.5) is 5.69 Å². The molecule has 33 heavy (non-hydrogen) atoms. The maximum absolute atomic E-state index is 13.3. The fourth-order valence-electron chi connectivity index (χ4n) is 4.03. The zero-order chi connectivity index (χ0) is 23.7. The summed E-state index contributed by atoms with van der Waals surface area (Å²) >= 11 is 6.33. The van der Waals surface area contributed by atoms with E-state index in [1.165, 1.54) is 19.1 Å². The van der Waals surface area contributed by atoms with Gasteiger partial charge in [0.2, 0.25) is 0 Å². The van der Waals surface area contributed by atoms with E-state index in [1.807, 2.05) is 0 Å². The largest absolute Gasteiger partial charge is 0.507 e. The third-order valence-electron chi connectivity index (χ3n) is 5.71. The number of Topliss-reactive ketones (excluding diaryl/α,β-unsaturated/α-hetero) is 1. The summed E-state index contributed by atoms with van der Waals surface area (Å²) < 4.78 is 10.8. The molecule has 1 amide bonds. The highest BCUT2D eigenvalue weighted by molar-refractivity contribution is 6.52. The second-order valence-electron chi connectivity index (χ2n) is 7.53. The summed E-state index contributed by atoms with van der Waals surface area (Å²) in [6.45, 7) is 1.78. The molecule has 0 spiro atoms. The molecule has 1 aliphatic rings. The van der Waals surface area contributed by atoms with Gasteiger partial charge in [-0.05, 0) is 42.3 Å². The van der Waals surface area contributed by atoms with Crippen molar-refractivity contribution in [1.82, 2.24) is 0 Å². The number of anilines is 1. The summed E-state index contributed by atoms with van der Waals surface area (Å²) in [5.74, 6) is -0.854. The number of hydrogen-bond donors (Lipinski definition) is 1. The van der Waals surface area contributed by atoms with Crippen molar-refractivity contribution in [2.45, 2.75) is 13.0 Å². The lowest BCUT2D eigenvalue weighted by atomic mass is 9.94. The maximum atomic E-state index is 13.3. The SMILES string of the molecule is COc1ccc(C2/C(=C(\O)c3ccccc3)C(=O)C(=O)N2c2cccc(Cl)c2C)cc1OC. The standard InChI is InChI=1S/C26H22ClNO5/c1-15-18(27)10-7-11-19(15)28-23(17-12-13-20(32-2)21(14-17)33-3)22(25(30)26(28)31)24(29)16-8-5-4-6-9-16/h4-14,23,29H,1-3H3/b24-22+. The summed E-state index contributed by atoms with van der Waals surface area (Å²) in [7, 11) is 3.03. The predicted molar refractivity (Wildman–Crippen MR) is 127 cm³/mol. The lowest BCUT2D eigenvalue weighted by molar-refractivity contribution is -0.132. The van der Waals surface area contributed by atoms with Crippen molar-refractivity contribution in [3.8, 4) is 11.5 Å². The van der Waals surface area contributed by atoms with Gasteiger partial charge in [-0.1, -0.05) is 54.1 Å². The number of carbonyl (C=O) groups excluding carboxylic acids is 2. The number of benzene rings is 3. The third-order valence-corrected chi connectivity index (χ3v) is 6.12. The molecule has 1 saturated heterocycles. The van der Waals surface area contributed by atoms with Gasteiger partial charge in [0.1, 0.15) is 5.76 Å². The van der Waals surface area contributed by atoms with E-state index in [2.05, 4.69) is 0 Å². The van der Waals surface area contributed by atoms with Gasteiger partial charge < -0.3 is 14.6 Å². The molecule has 0 aliphatic carbocycles. The minimum absolute atomic E-state index is 0.0159. The van der Waals surface area contributed by atoms with E-state index in [9.17, 15) is 14.7 Å². The monoisotopic (exact) mass is 463 g/mol. The van der Waals surface area contributed by atoms with Crippen molar-refractivity contribution in [3.63, 3.8) is 0 Å². The molecule has 1 aliphatic heterocycles. The number of carbonyl (C=O) groups is 2. The Morgan fingerprint density at radius 2 is 1.64 bits per heavy atom. The summed E-state index contributed by atoms with van der Waals surface area (Å²) in [5, 5.41) is 11.6. The van der Waals surface area contributed by atoms with Crippen molar-refractivity contribution >= 4 is 34.7 Å². The molecular formula is C26H22ClNO5. The van der Waals surface area contributed by atoms with E-state index in [-0.39, 0.29) is 11.3 Å². The van der Waals surface area contributed by atoms with Gasteiger partial charge in [0, 0.05) is 16.3 Å². The van der Waals surface area contributed by atoms with Gasteiger partial charge in [0.15, 0.2) is 11.5 Å². The minimum Gasteiger partial charge on any atom is -0.507 e. The van der Waals surface area contributed by atoms with Crippen LogP contribution in [-0.2, 0) is 9.59 Å². The van der Waals surface area contributed by atoms with Crippen LogP contribution in [0, 0.1) is 6.92 Å². The summed E-state index contributed by atoms with van der Waals surface area (Å²) in [4.78, 5) is 27.9. The van der Waals surface area contributed by atoms with Crippen LogP contribution in [0.2, 0.25) is 5.02 Å². The average Bonchev–Trinajstić information content (AvgIpc) is 3.10. The number of ketones is 1. The van der Waals surface area contributed by atoms with Gasteiger partial charge in [-0.15, -0.1) is 0 Å². The number of aliphatic hydroxyl groups is 1. The topological polar surface area (TPSA) is 76.1 Å². The second-order valence-corrected chi connectivity index (χ2v) is 7.94. The van der Waals surface area contributed by atoms with Crippen molar-refractivity contribution in [2.75, 3.05) is 19.1 Å². The van der Waals surface area contributed by atoms with Gasteiger partial charge >= 0.3 is 0 Å². The van der Waals surface area contributed by atoms with Crippen LogP contribution in [0.3, 0.4) is 0 Å².